The summed E-state index contributed by atoms with van der Waals surface area (Å²) >= 11 is 0. The molecule has 1 N–H and O–H groups in total. The maximum absolute atomic E-state index is 12.2. The van der Waals surface area contributed by atoms with Crippen LogP contribution in [0.25, 0.3) is 11.1 Å². The summed E-state index contributed by atoms with van der Waals surface area (Å²) in [5.74, 6) is 0.307. The van der Waals surface area contributed by atoms with Gasteiger partial charge in [-0.25, -0.2) is 4.98 Å². The van der Waals surface area contributed by atoms with Gasteiger partial charge in [0.2, 0.25) is 5.89 Å². The number of nitrogens with one attached hydrogen (secondary N) is 1. The van der Waals surface area contributed by atoms with Gasteiger partial charge >= 0.3 is 0 Å². The van der Waals surface area contributed by atoms with Gasteiger partial charge in [0, 0.05) is 12.7 Å². The van der Waals surface area contributed by atoms with E-state index in [-0.39, 0.29) is 11.9 Å². The van der Waals surface area contributed by atoms with E-state index in [1.807, 2.05) is 38.1 Å². The monoisotopic (exact) mass is 284 g/mol. The fourth-order valence-corrected chi connectivity index (χ4v) is 2.13. The van der Waals surface area contributed by atoms with Crippen molar-refractivity contribution < 1.29 is 9.21 Å². The van der Waals surface area contributed by atoms with E-state index < -0.39 is 0 Å². The zero-order chi connectivity index (χ0) is 15.0. The van der Waals surface area contributed by atoms with Crippen molar-refractivity contribution in [2.45, 2.75) is 19.9 Å². The average Bonchev–Trinajstić information content (AvgIpc) is 3.03. The summed E-state index contributed by atoms with van der Waals surface area (Å²) in [5.41, 5.74) is 2.87. The van der Waals surface area contributed by atoms with Gasteiger partial charge in [0.05, 0.1) is 11.8 Å². The maximum Gasteiger partial charge on any atom is 0.255 e. The lowest BCUT2D eigenvalue weighted by Gasteiger charge is -2.09. The number of carbonyl (C=O) groups is 1. The second kappa shape index (κ2) is 5.05. The maximum atomic E-state index is 12.2. The summed E-state index contributed by atoms with van der Waals surface area (Å²) in [5, 5.41) is 6.95. The Labute approximate surface area is 121 Å². The van der Waals surface area contributed by atoms with Crippen LogP contribution in [0.2, 0.25) is 0 Å². The summed E-state index contributed by atoms with van der Waals surface area (Å²) in [4.78, 5) is 16.6. The molecule has 0 fully saturated rings. The number of rotatable bonds is 3. The van der Waals surface area contributed by atoms with Crippen LogP contribution < -0.4 is 5.32 Å². The van der Waals surface area contributed by atoms with Crippen molar-refractivity contribution in [1.29, 1.82) is 0 Å². The van der Waals surface area contributed by atoms with Gasteiger partial charge in [0.25, 0.3) is 5.91 Å². The van der Waals surface area contributed by atoms with Crippen LogP contribution >= 0.6 is 0 Å². The first-order valence-corrected chi connectivity index (χ1v) is 6.71. The average molecular weight is 284 g/mol. The quantitative estimate of drug-likeness (QED) is 0.801. The molecule has 2 heterocycles. The Morgan fingerprint density at radius 1 is 1.38 bits per heavy atom. The third-order valence-electron chi connectivity index (χ3n) is 3.51. The number of carbonyl (C=O) groups excluding carboxylic acids is 1. The standard InChI is InChI=1S/C15H16N4O2/c1-9(15-18-12-6-4-5-7-13(12)21-15)17-14(20)11-8-16-19(3)10(11)2/h4-9H,1-3H3,(H,17,20). The van der Waals surface area contributed by atoms with Crippen LogP contribution in [0.5, 0.6) is 0 Å². The van der Waals surface area contributed by atoms with Crippen molar-refractivity contribution in [1.82, 2.24) is 20.1 Å². The van der Waals surface area contributed by atoms with Gasteiger partial charge in [-0.15, -0.1) is 0 Å². The van der Waals surface area contributed by atoms with Crippen molar-refractivity contribution in [2.75, 3.05) is 0 Å². The molecule has 0 saturated carbocycles. The molecule has 0 aliphatic heterocycles. The Bertz CT molecular complexity index is 770. The van der Waals surface area contributed by atoms with Gasteiger partial charge in [0.1, 0.15) is 11.6 Å². The molecule has 6 nitrogen and oxygen atoms in total. The summed E-state index contributed by atoms with van der Waals surface area (Å²) in [7, 11) is 1.80. The lowest BCUT2D eigenvalue weighted by molar-refractivity contribution is 0.0934. The molecule has 3 aromatic rings. The number of amides is 1. The molecule has 0 aliphatic carbocycles. The molecule has 0 bridgehead atoms. The number of fused-ring (bicyclic) bond motifs is 1. The molecular formula is C15H16N4O2. The SMILES string of the molecule is Cc1c(C(=O)NC(C)c2nc3ccccc3o2)cnn1C. The third-order valence-corrected chi connectivity index (χ3v) is 3.51. The smallest absolute Gasteiger partial charge is 0.255 e. The number of aromatic nitrogens is 3. The second-order valence-electron chi connectivity index (χ2n) is 4.98. The van der Waals surface area contributed by atoms with E-state index in [2.05, 4.69) is 15.4 Å². The lowest BCUT2D eigenvalue weighted by Crippen LogP contribution is -2.27. The molecule has 0 saturated heterocycles. The van der Waals surface area contributed by atoms with E-state index in [4.69, 9.17) is 4.42 Å². The Kier molecular flexibility index (Phi) is 3.21. The van der Waals surface area contributed by atoms with Gasteiger partial charge in [-0.2, -0.15) is 5.10 Å². The fourth-order valence-electron chi connectivity index (χ4n) is 2.13. The largest absolute Gasteiger partial charge is 0.438 e. The van der Waals surface area contributed by atoms with E-state index in [0.29, 0.717) is 17.0 Å². The number of oxazole rings is 1. The van der Waals surface area contributed by atoms with Gasteiger partial charge in [0.15, 0.2) is 5.58 Å². The molecular weight excluding hydrogens is 268 g/mol. The summed E-state index contributed by atoms with van der Waals surface area (Å²) in [6, 6.07) is 7.20. The van der Waals surface area contributed by atoms with E-state index in [1.165, 1.54) is 0 Å². The van der Waals surface area contributed by atoms with Gasteiger partial charge in [-0.05, 0) is 26.0 Å². The summed E-state index contributed by atoms with van der Waals surface area (Å²) in [6.45, 7) is 3.69. The fraction of sp³-hybridized carbons (Fsp3) is 0.267. The van der Waals surface area contributed by atoms with Crippen molar-refractivity contribution in [2.24, 2.45) is 7.05 Å². The first-order chi connectivity index (χ1) is 10.1. The minimum atomic E-state index is -0.315. The zero-order valence-electron chi connectivity index (χ0n) is 12.1. The van der Waals surface area contributed by atoms with E-state index >= 15 is 0 Å². The van der Waals surface area contributed by atoms with Crippen molar-refractivity contribution in [3.8, 4) is 0 Å². The molecule has 6 heteroatoms. The van der Waals surface area contributed by atoms with Crippen molar-refractivity contribution in [3.05, 3.63) is 47.6 Å². The highest BCUT2D eigenvalue weighted by molar-refractivity contribution is 5.95. The topological polar surface area (TPSA) is 73.0 Å². The highest BCUT2D eigenvalue weighted by atomic mass is 16.3. The Hall–Kier alpha value is -2.63. The summed E-state index contributed by atoms with van der Waals surface area (Å²) in [6.07, 6.45) is 1.56. The second-order valence-corrected chi connectivity index (χ2v) is 4.98. The van der Waals surface area contributed by atoms with Crippen LogP contribution in [0.4, 0.5) is 0 Å². The molecule has 21 heavy (non-hydrogen) atoms. The molecule has 108 valence electrons. The van der Waals surface area contributed by atoms with Crippen molar-refractivity contribution in [3.63, 3.8) is 0 Å². The van der Waals surface area contributed by atoms with Crippen LogP contribution in [-0.4, -0.2) is 20.7 Å². The molecule has 2 aromatic heterocycles. The van der Waals surface area contributed by atoms with Gasteiger partial charge < -0.3 is 9.73 Å². The first kappa shape index (κ1) is 13.4. The van der Waals surface area contributed by atoms with E-state index in [9.17, 15) is 4.79 Å². The molecule has 1 aromatic carbocycles. The number of hydrogen-bond acceptors (Lipinski definition) is 4. The third kappa shape index (κ3) is 2.40. The van der Waals surface area contributed by atoms with Crippen molar-refractivity contribution >= 4 is 17.0 Å². The highest BCUT2D eigenvalue weighted by Gasteiger charge is 2.19. The van der Waals surface area contributed by atoms with Crippen LogP contribution in [-0.2, 0) is 7.05 Å². The number of hydrogen-bond donors (Lipinski definition) is 1. The molecule has 1 amide bonds. The van der Waals surface area contributed by atoms with E-state index in [1.54, 1.807) is 17.9 Å². The van der Waals surface area contributed by atoms with Crippen LogP contribution in [0.15, 0.2) is 34.9 Å². The van der Waals surface area contributed by atoms with Crippen LogP contribution in [0, 0.1) is 6.92 Å². The molecule has 1 unspecified atom stereocenters. The van der Waals surface area contributed by atoms with E-state index in [0.717, 1.165) is 11.2 Å². The minimum absolute atomic E-state index is 0.185. The number of nitrogens with zero attached hydrogens (tertiary/aromatic N) is 3. The Balaban J connectivity index is 1.81. The molecule has 0 radical (unpaired) electrons. The molecule has 1 atom stereocenters. The first-order valence-electron chi connectivity index (χ1n) is 6.71. The van der Waals surface area contributed by atoms with Gasteiger partial charge in [-0.3, -0.25) is 9.48 Å². The molecule has 0 spiro atoms. The predicted octanol–water partition coefficient (Wildman–Crippen LogP) is 2.36. The van der Waals surface area contributed by atoms with Crippen LogP contribution in [0.1, 0.15) is 34.9 Å². The Morgan fingerprint density at radius 3 is 2.81 bits per heavy atom. The summed E-state index contributed by atoms with van der Waals surface area (Å²) < 4.78 is 7.32. The Morgan fingerprint density at radius 2 is 2.14 bits per heavy atom. The highest BCUT2D eigenvalue weighted by Crippen LogP contribution is 2.20. The molecule has 0 aliphatic rings. The predicted molar refractivity (Wildman–Crippen MR) is 77.8 cm³/mol. The number of para-hydroxylation sites is 2. The lowest BCUT2D eigenvalue weighted by atomic mass is 10.2. The van der Waals surface area contributed by atoms with Gasteiger partial charge in [-0.1, -0.05) is 12.1 Å². The van der Waals surface area contributed by atoms with Crippen LogP contribution in [0.3, 0.4) is 0 Å². The molecule has 3 rings (SSSR count). The number of benzene rings is 1. The number of aryl methyl sites for hydroxylation is 1. The normalized spacial score (nSPS) is 12.5. The zero-order valence-corrected chi connectivity index (χ0v) is 12.1. The minimum Gasteiger partial charge on any atom is -0.438 e.